The van der Waals surface area contributed by atoms with E-state index >= 15 is 0 Å². The second kappa shape index (κ2) is 12.0. The van der Waals surface area contributed by atoms with E-state index in [4.69, 9.17) is 16.3 Å². The Bertz CT molecular complexity index is 1080. The van der Waals surface area contributed by atoms with Gasteiger partial charge >= 0.3 is 6.18 Å². The average Bonchev–Trinajstić information content (AvgIpc) is 2.87. The molecule has 2 aliphatic rings. The van der Waals surface area contributed by atoms with Crippen molar-refractivity contribution in [3.05, 3.63) is 63.2 Å². The number of piperidine rings is 1. The minimum absolute atomic E-state index is 0. The third kappa shape index (κ3) is 7.04. The molecule has 0 aromatic heterocycles. The molecule has 2 saturated heterocycles. The lowest BCUT2D eigenvalue weighted by Gasteiger charge is -2.37. The summed E-state index contributed by atoms with van der Waals surface area (Å²) in [6.07, 6.45) is -3.92. The molecule has 0 bridgehead atoms. The number of benzene rings is 2. The van der Waals surface area contributed by atoms with Gasteiger partial charge in [-0.05, 0) is 49.2 Å². The Labute approximate surface area is 218 Å². The lowest BCUT2D eigenvalue weighted by atomic mass is 10.1. The minimum atomic E-state index is -4.82. The van der Waals surface area contributed by atoms with Crippen LogP contribution in [0.4, 0.5) is 30.2 Å². The van der Waals surface area contributed by atoms with Crippen LogP contribution in [0, 0.1) is 10.1 Å². The molecule has 37 heavy (non-hydrogen) atoms. The Hall–Kier alpha value is -3.05. The number of anilines is 2. The predicted molar refractivity (Wildman–Crippen MR) is 136 cm³/mol. The van der Waals surface area contributed by atoms with Gasteiger partial charge in [0.15, 0.2) is 0 Å². The van der Waals surface area contributed by atoms with Crippen LogP contribution in [0.2, 0.25) is 5.02 Å². The molecule has 0 spiro atoms. The van der Waals surface area contributed by atoms with Crippen molar-refractivity contribution in [1.82, 2.24) is 4.90 Å². The maximum Gasteiger partial charge on any atom is 0.423 e. The van der Waals surface area contributed by atoms with Crippen LogP contribution >= 0.6 is 11.6 Å². The quantitative estimate of drug-likeness (QED) is 0.367. The zero-order valence-corrected chi connectivity index (χ0v) is 20.2. The number of amides is 1. The lowest BCUT2D eigenvalue weighted by Crippen LogP contribution is -2.50. The molecule has 12 heteroatoms. The van der Waals surface area contributed by atoms with Crippen LogP contribution in [0.5, 0.6) is 0 Å². The van der Waals surface area contributed by atoms with Gasteiger partial charge in [0.05, 0.1) is 11.0 Å². The Morgan fingerprint density at radius 3 is 2.11 bits per heavy atom. The van der Waals surface area contributed by atoms with E-state index in [-0.39, 0.29) is 31.7 Å². The summed E-state index contributed by atoms with van der Waals surface area (Å²) in [7, 11) is 0. The van der Waals surface area contributed by atoms with Crippen molar-refractivity contribution in [3.8, 4) is 0 Å². The van der Waals surface area contributed by atoms with Gasteiger partial charge in [-0.2, -0.15) is 13.2 Å². The molecule has 0 N–H and O–H groups in total. The monoisotopic (exact) mass is 542 g/mol. The van der Waals surface area contributed by atoms with E-state index in [9.17, 15) is 28.1 Å². The van der Waals surface area contributed by atoms with Gasteiger partial charge in [0, 0.05) is 61.7 Å². The normalized spacial score (nSPS) is 16.9. The van der Waals surface area contributed by atoms with E-state index in [1.807, 2.05) is 24.3 Å². The molecule has 2 aromatic carbocycles. The summed E-state index contributed by atoms with van der Waals surface area (Å²) in [4.78, 5) is 28.3. The van der Waals surface area contributed by atoms with E-state index in [1.54, 1.807) is 9.80 Å². The van der Waals surface area contributed by atoms with Gasteiger partial charge in [0.25, 0.3) is 5.69 Å². The molecule has 0 atom stereocenters. The molecule has 1 amide bonds. The summed E-state index contributed by atoms with van der Waals surface area (Å²) in [6.45, 7) is 3.40. The molecule has 2 heterocycles. The van der Waals surface area contributed by atoms with Crippen molar-refractivity contribution in [2.24, 2.45) is 0 Å². The highest BCUT2D eigenvalue weighted by Gasteiger charge is 2.39. The second-order valence-corrected chi connectivity index (χ2v) is 9.23. The van der Waals surface area contributed by atoms with Crippen molar-refractivity contribution in [2.45, 2.75) is 32.5 Å². The summed E-state index contributed by atoms with van der Waals surface area (Å²) >= 11 is 5.94. The van der Waals surface area contributed by atoms with Crippen LogP contribution in [0.25, 0.3) is 0 Å². The van der Waals surface area contributed by atoms with Crippen LogP contribution < -0.4 is 9.80 Å². The van der Waals surface area contributed by atoms with Crippen LogP contribution in [0.3, 0.4) is 0 Å². The third-order valence-electron chi connectivity index (χ3n) is 6.56. The van der Waals surface area contributed by atoms with E-state index in [0.717, 1.165) is 17.8 Å². The SMILES string of the molecule is C.O=C(COC1CCN(c2ccc([N+](=O)[O-])c(C(F)(F)F)c2)CC1)N1CCN(c2ccc(Cl)cc2)CC1. The lowest BCUT2D eigenvalue weighted by molar-refractivity contribution is -0.388. The zero-order valence-electron chi connectivity index (χ0n) is 19.4. The number of alkyl halides is 3. The van der Waals surface area contributed by atoms with Crippen molar-refractivity contribution in [1.29, 1.82) is 0 Å². The summed E-state index contributed by atoms with van der Waals surface area (Å²) in [5.41, 5.74) is -0.881. The molecule has 0 unspecified atom stereocenters. The van der Waals surface area contributed by atoms with E-state index in [0.29, 0.717) is 57.1 Å². The Balaban J connectivity index is 0.00000380. The van der Waals surface area contributed by atoms with Gasteiger partial charge in [0.2, 0.25) is 5.91 Å². The Morgan fingerprint density at radius 2 is 1.54 bits per heavy atom. The van der Waals surface area contributed by atoms with Crippen LogP contribution in [0.1, 0.15) is 25.8 Å². The zero-order chi connectivity index (χ0) is 25.9. The van der Waals surface area contributed by atoms with Crippen molar-refractivity contribution in [3.63, 3.8) is 0 Å². The number of nitrogens with zero attached hydrogens (tertiary/aromatic N) is 4. The first-order chi connectivity index (χ1) is 17.1. The smallest absolute Gasteiger partial charge is 0.371 e. The molecule has 0 saturated carbocycles. The van der Waals surface area contributed by atoms with Crippen molar-refractivity contribution < 1.29 is 27.6 Å². The first-order valence-electron chi connectivity index (χ1n) is 11.6. The maximum atomic E-state index is 13.3. The number of rotatable bonds is 6. The van der Waals surface area contributed by atoms with Gasteiger partial charge in [0.1, 0.15) is 12.2 Å². The Morgan fingerprint density at radius 1 is 0.973 bits per heavy atom. The number of piperazine rings is 1. The van der Waals surface area contributed by atoms with E-state index < -0.39 is 22.4 Å². The maximum absolute atomic E-state index is 13.3. The van der Waals surface area contributed by atoms with Crippen LogP contribution in [-0.2, 0) is 15.7 Å². The topological polar surface area (TPSA) is 79.2 Å². The number of halogens is 4. The van der Waals surface area contributed by atoms with Gasteiger partial charge < -0.3 is 19.4 Å². The van der Waals surface area contributed by atoms with Crippen molar-refractivity contribution in [2.75, 3.05) is 55.7 Å². The molecule has 202 valence electrons. The fourth-order valence-corrected chi connectivity index (χ4v) is 4.66. The number of nitro groups is 1. The molecule has 0 radical (unpaired) electrons. The molecule has 2 aromatic rings. The number of carbonyl (C=O) groups is 1. The molecule has 0 aliphatic carbocycles. The number of carbonyl (C=O) groups excluding carboxylic acids is 1. The number of ether oxygens (including phenoxy) is 1. The van der Waals surface area contributed by atoms with Gasteiger partial charge in [-0.3, -0.25) is 14.9 Å². The highest BCUT2D eigenvalue weighted by Crippen LogP contribution is 2.38. The van der Waals surface area contributed by atoms with E-state index in [2.05, 4.69) is 4.90 Å². The fraction of sp³-hybridized carbons (Fsp3) is 0.480. The summed E-state index contributed by atoms with van der Waals surface area (Å²) in [5.74, 6) is -0.0848. The van der Waals surface area contributed by atoms with Crippen LogP contribution in [0.15, 0.2) is 42.5 Å². The van der Waals surface area contributed by atoms with E-state index in [1.165, 1.54) is 6.07 Å². The molecule has 2 fully saturated rings. The first-order valence-corrected chi connectivity index (χ1v) is 12.0. The van der Waals surface area contributed by atoms with Gasteiger partial charge in [-0.1, -0.05) is 19.0 Å². The molecule has 8 nitrogen and oxygen atoms in total. The first kappa shape index (κ1) is 28.5. The summed E-state index contributed by atoms with van der Waals surface area (Å²) in [5, 5.41) is 11.6. The number of hydrogen-bond donors (Lipinski definition) is 0. The Kier molecular flexibility index (Phi) is 9.25. The molecule has 2 aliphatic heterocycles. The summed E-state index contributed by atoms with van der Waals surface area (Å²) in [6, 6.07) is 10.6. The van der Waals surface area contributed by atoms with Crippen molar-refractivity contribution >= 4 is 34.6 Å². The van der Waals surface area contributed by atoms with Gasteiger partial charge in [-0.15, -0.1) is 0 Å². The highest BCUT2D eigenvalue weighted by molar-refractivity contribution is 6.30. The molecular formula is C25H30ClF3N4O4. The number of hydrogen-bond acceptors (Lipinski definition) is 6. The molecular weight excluding hydrogens is 513 g/mol. The summed E-state index contributed by atoms with van der Waals surface area (Å²) < 4.78 is 45.7. The molecule has 4 rings (SSSR count). The largest absolute Gasteiger partial charge is 0.423 e. The fourth-order valence-electron chi connectivity index (χ4n) is 4.53. The standard InChI is InChI=1S/C24H26ClF3N4O4.CH4/c25-17-1-3-18(4-2-17)30-11-13-31(14-12-30)23(33)16-36-20-7-9-29(10-8-20)19-5-6-22(32(34)35)21(15-19)24(26,27)28;/h1-6,15,20H,7-14,16H2;1H4. The minimum Gasteiger partial charge on any atom is -0.371 e. The predicted octanol–water partition coefficient (Wildman–Crippen LogP) is 5.24. The number of nitro benzene ring substituents is 1. The van der Waals surface area contributed by atoms with Crippen LogP contribution in [-0.4, -0.2) is 67.7 Å². The average molecular weight is 543 g/mol. The van der Waals surface area contributed by atoms with Gasteiger partial charge in [-0.25, -0.2) is 0 Å². The highest BCUT2D eigenvalue weighted by atomic mass is 35.5. The second-order valence-electron chi connectivity index (χ2n) is 8.80. The third-order valence-corrected chi connectivity index (χ3v) is 6.81.